The minimum atomic E-state index is 0.266. The largest absolute Gasteiger partial charge is 0.455 e. The van der Waals surface area contributed by atoms with E-state index in [1.807, 2.05) is 18.2 Å². The topological polar surface area (TPSA) is 43.9 Å². The zero-order chi connectivity index (χ0) is 30.8. The van der Waals surface area contributed by atoms with Crippen molar-refractivity contribution in [3.8, 4) is 28.2 Å². The van der Waals surface area contributed by atoms with Crippen molar-refractivity contribution in [1.29, 1.82) is 0 Å². The Morgan fingerprint density at radius 2 is 1.27 bits per heavy atom. The van der Waals surface area contributed by atoms with Crippen molar-refractivity contribution in [3.05, 3.63) is 126 Å². The van der Waals surface area contributed by atoms with Crippen LogP contribution < -0.4 is 0 Å². The van der Waals surface area contributed by atoms with Gasteiger partial charge >= 0.3 is 0 Å². The first-order valence-electron chi connectivity index (χ1n) is 15.8. The van der Waals surface area contributed by atoms with Gasteiger partial charge in [0.2, 0.25) is 0 Å². The maximum absolute atomic E-state index is 6.61. The molecule has 4 nitrogen and oxygen atoms in total. The maximum atomic E-state index is 6.61. The second-order valence-corrected chi connectivity index (χ2v) is 12.6. The van der Waals surface area contributed by atoms with Crippen LogP contribution in [0, 0.1) is 6.92 Å². The summed E-state index contributed by atoms with van der Waals surface area (Å²) in [6, 6.07) is 38.5. The second kappa shape index (κ2) is 10.4. The molecular formula is C41H35N3O. The molecule has 0 N–H and O–H groups in total. The van der Waals surface area contributed by atoms with Gasteiger partial charge in [-0.3, -0.25) is 9.55 Å². The summed E-state index contributed by atoms with van der Waals surface area (Å²) < 4.78 is 9.00. The number of pyridine rings is 1. The molecule has 0 radical (unpaired) electrons. The zero-order valence-electron chi connectivity index (χ0n) is 26.3. The Kier molecular flexibility index (Phi) is 6.35. The van der Waals surface area contributed by atoms with Gasteiger partial charge in [0, 0.05) is 16.2 Å². The van der Waals surface area contributed by atoms with E-state index in [1.54, 1.807) is 0 Å². The molecule has 4 heteroatoms. The molecule has 0 aliphatic rings. The number of fused-ring (bicyclic) bond motifs is 6. The van der Waals surface area contributed by atoms with Gasteiger partial charge in [0.15, 0.2) is 0 Å². The van der Waals surface area contributed by atoms with E-state index in [-0.39, 0.29) is 11.8 Å². The fraction of sp³-hybridized carbons (Fsp3) is 0.171. The first kappa shape index (κ1) is 27.3. The molecule has 5 aromatic carbocycles. The summed E-state index contributed by atoms with van der Waals surface area (Å²) in [7, 11) is 0. The van der Waals surface area contributed by atoms with Crippen LogP contribution in [0.1, 0.15) is 56.4 Å². The van der Waals surface area contributed by atoms with Gasteiger partial charge in [0.25, 0.3) is 0 Å². The lowest BCUT2D eigenvalue weighted by Crippen LogP contribution is -2.10. The van der Waals surface area contributed by atoms with Crippen LogP contribution in [0.25, 0.3) is 72.1 Å². The van der Waals surface area contributed by atoms with E-state index in [0.717, 1.165) is 61.0 Å². The van der Waals surface area contributed by atoms with Crippen molar-refractivity contribution < 1.29 is 4.42 Å². The van der Waals surface area contributed by atoms with Gasteiger partial charge in [0.05, 0.1) is 28.0 Å². The highest BCUT2D eigenvalue weighted by molar-refractivity contribution is 6.11. The number of para-hydroxylation sites is 3. The number of hydrogen-bond acceptors (Lipinski definition) is 3. The van der Waals surface area contributed by atoms with E-state index in [0.29, 0.717) is 0 Å². The van der Waals surface area contributed by atoms with Crippen molar-refractivity contribution >= 4 is 43.9 Å². The molecule has 45 heavy (non-hydrogen) atoms. The third-order valence-corrected chi connectivity index (χ3v) is 9.06. The average Bonchev–Trinajstić information content (AvgIpc) is 3.64. The Labute approximate surface area is 263 Å². The van der Waals surface area contributed by atoms with Crippen LogP contribution in [0.4, 0.5) is 0 Å². The van der Waals surface area contributed by atoms with Crippen LogP contribution in [-0.4, -0.2) is 14.5 Å². The predicted molar refractivity (Wildman–Crippen MR) is 187 cm³/mol. The molecule has 0 aliphatic carbocycles. The minimum Gasteiger partial charge on any atom is -0.455 e. The smallest absolute Gasteiger partial charge is 0.149 e. The Bertz CT molecular complexity index is 2360. The van der Waals surface area contributed by atoms with Gasteiger partial charge in [-0.2, -0.15) is 0 Å². The SMILES string of the molecule is Cc1nc2ccccc2c2nc(-c3cccc4c3oc3ccccc34)n(-c3c(C(C)C)cc(-c4ccccc4)cc3C(C)C)c12. The van der Waals surface area contributed by atoms with E-state index in [9.17, 15) is 0 Å². The predicted octanol–water partition coefficient (Wildman–Crippen LogP) is 11.4. The molecule has 8 aromatic rings. The molecule has 3 aromatic heterocycles. The molecule has 0 amide bonds. The van der Waals surface area contributed by atoms with Crippen molar-refractivity contribution in [3.63, 3.8) is 0 Å². The highest BCUT2D eigenvalue weighted by atomic mass is 16.3. The summed E-state index contributed by atoms with van der Waals surface area (Å²) in [5.41, 5.74) is 12.8. The van der Waals surface area contributed by atoms with Gasteiger partial charge in [-0.1, -0.05) is 107 Å². The summed E-state index contributed by atoms with van der Waals surface area (Å²) in [5, 5.41) is 3.25. The maximum Gasteiger partial charge on any atom is 0.149 e. The fourth-order valence-electron chi connectivity index (χ4n) is 6.88. The van der Waals surface area contributed by atoms with Crippen LogP contribution in [0.3, 0.4) is 0 Å². The summed E-state index contributed by atoms with van der Waals surface area (Å²) >= 11 is 0. The molecule has 0 spiro atoms. The van der Waals surface area contributed by atoms with Gasteiger partial charge in [0.1, 0.15) is 22.5 Å². The van der Waals surface area contributed by atoms with E-state index in [2.05, 4.69) is 130 Å². The monoisotopic (exact) mass is 585 g/mol. The molecule has 0 saturated carbocycles. The Morgan fingerprint density at radius 1 is 0.622 bits per heavy atom. The number of rotatable bonds is 5. The zero-order valence-corrected chi connectivity index (χ0v) is 26.3. The fourth-order valence-corrected chi connectivity index (χ4v) is 6.88. The number of hydrogen-bond donors (Lipinski definition) is 0. The Morgan fingerprint density at radius 3 is 2.00 bits per heavy atom. The van der Waals surface area contributed by atoms with Gasteiger partial charge in [-0.25, -0.2) is 4.98 Å². The van der Waals surface area contributed by atoms with Crippen LogP contribution in [-0.2, 0) is 0 Å². The van der Waals surface area contributed by atoms with Crippen LogP contribution in [0.5, 0.6) is 0 Å². The van der Waals surface area contributed by atoms with E-state index in [1.165, 1.54) is 27.9 Å². The number of furan rings is 1. The Hall–Kier alpha value is -5.22. The molecule has 220 valence electrons. The standard InChI is InChI=1S/C41H35N3O/c1-24(2)33-22-28(27-14-7-6-8-15-27)23-34(25(3)4)39(33)44-38-26(5)42-35-20-11-9-17-31(35)37(38)43-41(44)32-19-13-18-30-29-16-10-12-21-36(29)45-40(30)32/h6-25H,1-5H3. The minimum absolute atomic E-state index is 0.266. The number of nitrogens with zero attached hydrogens (tertiary/aromatic N) is 3. The molecule has 0 saturated heterocycles. The summed E-state index contributed by atoms with van der Waals surface area (Å²) in [6.07, 6.45) is 0. The van der Waals surface area contributed by atoms with Gasteiger partial charge in [-0.05, 0) is 71.3 Å². The molecule has 0 unspecified atom stereocenters. The number of aryl methyl sites for hydroxylation is 1. The molecule has 3 heterocycles. The van der Waals surface area contributed by atoms with Crippen LogP contribution >= 0.6 is 0 Å². The van der Waals surface area contributed by atoms with E-state index >= 15 is 0 Å². The summed E-state index contributed by atoms with van der Waals surface area (Å²) in [4.78, 5) is 10.6. The van der Waals surface area contributed by atoms with Gasteiger partial charge in [-0.15, -0.1) is 0 Å². The van der Waals surface area contributed by atoms with Crippen LogP contribution in [0.2, 0.25) is 0 Å². The highest BCUT2D eigenvalue weighted by Gasteiger charge is 2.27. The molecule has 0 fully saturated rings. The normalized spacial score (nSPS) is 12.1. The van der Waals surface area contributed by atoms with Gasteiger partial charge < -0.3 is 4.42 Å². The first-order valence-corrected chi connectivity index (χ1v) is 15.8. The average molecular weight is 586 g/mol. The van der Waals surface area contributed by atoms with Crippen molar-refractivity contribution in [2.24, 2.45) is 0 Å². The molecular weight excluding hydrogens is 550 g/mol. The molecule has 8 rings (SSSR count). The lowest BCUT2D eigenvalue weighted by molar-refractivity contribution is 0.669. The number of imidazole rings is 1. The summed E-state index contributed by atoms with van der Waals surface area (Å²) in [5.74, 6) is 1.40. The number of aromatic nitrogens is 3. The highest BCUT2D eigenvalue weighted by Crippen LogP contribution is 2.43. The third kappa shape index (κ3) is 4.27. The first-order chi connectivity index (χ1) is 21.9. The van der Waals surface area contributed by atoms with Crippen LogP contribution in [0.15, 0.2) is 114 Å². The van der Waals surface area contributed by atoms with Crippen molar-refractivity contribution in [1.82, 2.24) is 14.5 Å². The van der Waals surface area contributed by atoms with E-state index in [4.69, 9.17) is 14.4 Å². The molecule has 0 bridgehead atoms. The quantitative estimate of drug-likeness (QED) is 0.202. The van der Waals surface area contributed by atoms with E-state index < -0.39 is 0 Å². The van der Waals surface area contributed by atoms with Crippen molar-refractivity contribution in [2.45, 2.75) is 46.5 Å². The van der Waals surface area contributed by atoms with Crippen molar-refractivity contribution in [2.75, 3.05) is 0 Å². The lowest BCUT2D eigenvalue weighted by atomic mass is 9.88. The lowest BCUT2D eigenvalue weighted by Gasteiger charge is -2.24. The second-order valence-electron chi connectivity index (χ2n) is 12.6. The summed E-state index contributed by atoms with van der Waals surface area (Å²) in [6.45, 7) is 11.3. The molecule has 0 aliphatic heterocycles. The number of benzene rings is 5. The third-order valence-electron chi connectivity index (χ3n) is 9.06. The molecule has 0 atom stereocenters. The Balaban J connectivity index is 1.56.